The first kappa shape index (κ1) is 30.5. The number of ether oxygens (including phenoxy) is 1. The van der Waals surface area contributed by atoms with Crippen LogP contribution in [0, 0.1) is 0 Å². The number of halogens is 1. The molecule has 2 N–H and O–H groups in total. The Morgan fingerprint density at radius 3 is 2.63 bits per heavy atom. The molecule has 0 aliphatic heterocycles. The van der Waals surface area contributed by atoms with Crippen molar-refractivity contribution in [2.75, 3.05) is 11.9 Å². The molecule has 0 radical (unpaired) electrons. The van der Waals surface area contributed by atoms with Gasteiger partial charge in [-0.25, -0.2) is 4.79 Å². The number of benzene rings is 2. The van der Waals surface area contributed by atoms with Crippen LogP contribution in [0.4, 0.5) is 5.69 Å². The molecule has 3 aliphatic carbocycles. The maximum atomic E-state index is 12.9. The molecule has 2 heterocycles. The summed E-state index contributed by atoms with van der Waals surface area (Å²) in [6.07, 6.45) is 12.6. The Kier molecular flexibility index (Phi) is 8.33. The molecule has 1 spiro atoms. The summed E-state index contributed by atoms with van der Waals surface area (Å²) in [4.78, 5) is 22.3. The molecule has 236 valence electrons. The molecule has 0 saturated heterocycles. The van der Waals surface area contributed by atoms with Crippen LogP contribution in [-0.2, 0) is 16.6 Å². The van der Waals surface area contributed by atoms with Gasteiger partial charge in [-0.3, -0.25) is 9.97 Å². The first-order valence-corrected chi connectivity index (χ1v) is 16.8. The molecule has 46 heavy (non-hydrogen) atoms. The standard InChI is InChI=1S/C39H40ClN3O3/c1-26-8-6-14-34-36(26)35(15-21-42-34)46-25-28(33-13-4-5-20-41-33)23-29-22-27-9-2-3-12-32(27)38(29)16-18-39(19-17-38,37(44)45)43-31-11-7-10-30(40)24-31/h2-5,7,9-13,15,20-22,24,26,28,43H,6,8,14,16-19,23,25H2,1H3,(H,44,45)/t26-,28?,38?,39?/m1/s1. The molecule has 1 unspecified atom stereocenters. The van der Waals surface area contributed by atoms with Crippen molar-refractivity contribution < 1.29 is 14.6 Å². The number of fused-ring (bicyclic) bond motifs is 3. The molecule has 3 aliphatic rings. The van der Waals surface area contributed by atoms with Crippen molar-refractivity contribution in [1.29, 1.82) is 0 Å². The minimum atomic E-state index is -1.07. The number of carboxylic acids is 1. The van der Waals surface area contributed by atoms with E-state index in [1.807, 2.05) is 42.7 Å². The van der Waals surface area contributed by atoms with Gasteiger partial charge in [0.25, 0.3) is 0 Å². The maximum Gasteiger partial charge on any atom is 0.329 e. The van der Waals surface area contributed by atoms with Gasteiger partial charge in [-0.15, -0.1) is 0 Å². The van der Waals surface area contributed by atoms with Gasteiger partial charge in [0.2, 0.25) is 0 Å². The highest BCUT2D eigenvalue weighted by Gasteiger charge is 2.51. The molecule has 0 bridgehead atoms. The van der Waals surface area contributed by atoms with Gasteiger partial charge in [0.15, 0.2) is 0 Å². The van der Waals surface area contributed by atoms with E-state index in [-0.39, 0.29) is 11.3 Å². The highest BCUT2D eigenvalue weighted by atomic mass is 35.5. The molecular weight excluding hydrogens is 594 g/mol. The van der Waals surface area contributed by atoms with E-state index in [0.29, 0.717) is 30.4 Å². The Labute approximate surface area is 275 Å². The summed E-state index contributed by atoms with van der Waals surface area (Å²) in [5.41, 5.74) is 6.68. The lowest BCUT2D eigenvalue weighted by molar-refractivity contribution is -0.143. The fourth-order valence-electron chi connectivity index (χ4n) is 8.13. The molecule has 2 aromatic heterocycles. The number of pyridine rings is 2. The lowest BCUT2D eigenvalue weighted by atomic mass is 9.61. The zero-order valence-electron chi connectivity index (χ0n) is 26.2. The van der Waals surface area contributed by atoms with Gasteiger partial charge in [-0.1, -0.05) is 66.6 Å². The Balaban J connectivity index is 1.18. The number of nitrogens with one attached hydrogen (secondary N) is 1. The molecule has 1 fully saturated rings. The van der Waals surface area contributed by atoms with Crippen LogP contribution >= 0.6 is 11.6 Å². The number of aryl methyl sites for hydroxylation is 1. The zero-order valence-corrected chi connectivity index (χ0v) is 27.0. The van der Waals surface area contributed by atoms with Crippen molar-refractivity contribution >= 4 is 29.3 Å². The van der Waals surface area contributed by atoms with E-state index in [2.05, 4.69) is 53.6 Å². The normalized spacial score (nSPS) is 24.0. The third kappa shape index (κ3) is 5.68. The van der Waals surface area contributed by atoms with Crippen LogP contribution in [0.1, 0.15) is 91.8 Å². The summed E-state index contributed by atoms with van der Waals surface area (Å²) in [6.45, 7) is 2.77. The SMILES string of the molecule is C[C@@H]1CCCc2nccc(OCC(CC3=Cc4ccccc4C34CCC(Nc3cccc(Cl)c3)(C(=O)O)CC4)c3ccccn3)c21. The van der Waals surface area contributed by atoms with Gasteiger partial charge in [0, 0.05) is 51.4 Å². The fraction of sp³-hybridized carbons (Fsp3) is 0.359. The number of hydrogen-bond donors (Lipinski definition) is 2. The molecule has 7 rings (SSSR count). The second-order valence-corrected chi connectivity index (χ2v) is 13.7. The number of carboxylic acid groups (broad SMARTS) is 1. The molecule has 2 atom stereocenters. The summed E-state index contributed by atoms with van der Waals surface area (Å²) in [7, 11) is 0. The average Bonchev–Trinajstić information content (AvgIpc) is 3.36. The van der Waals surface area contributed by atoms with E-state index < -0.39 is 11.5 Å². The van der Waals surface area contributed by atoms with E-state index in [0.717, 1.165) is 61.3 Å². The number of anilines is 1. The van der Waals surface area contributed by atoms with Crippen LogP contribution in [-0.4, -0.2) is 33.2 Å². The molecule has 1 saturated carbocycles. The number of rotatable bonds is 9. The smallest absolute Gasteiger partial charge is 0.329 e. The lowest BCUT2D eigenvalue weighted by Crippen LogP contribution is -2.52. The summed E-state index contributed by atoms with van der Waals surface area (Å²) in [5.74, 6) is 0.562. The quantitative estimate of drug-likeness (QED) is 0.191. The largest absolute Gasteiger partial charge is 0.492 e. The van der Waals surface area contributed by atoms with Crippen LogP contribution in [0.15, 0.2) is 90.8 Å². The summed E-state index contributed by atoms with van der Waals surface area (Å²) < 4.78 is 6.69. The van der Waals surface area contributed by atoms with E-state index in [4.69, 9.17) is 21.3 Å². The Morgan fingerprint density at radius 1 is 1.02 bits per heavy atom. The van der Waals surface area contributed by atoms with Crippen molar-refractivity contribution in [3.05, 3.63) is 124 Å². The van der Waals surface area contributed by atoms with E-state index in [9.17, 15) is 9.90 Å². The number of hydrogen-bond acceptors (Lipinski definition) is 5. The fourth-order valence-corrected chi connectivity index (χ4v) is 8.32. The van der Waals surface area contributed by atoms with Gasteiger partial charge in [0.1, 0.15) is 11.3 Å². The Bertz CT molecular complexity index is 1760. The van der Waals surface area contributed by atoms with E-state index in [1.165, 1.54) is 22.3 Å². The topological polar surface area (TPSA) is 84.3 Å². The van der Waals surface area contributed by atoms with Crippen molar-refractivity contribution in [2.45, 2.75) is 81.1 Å². The van der Waals surface area contributed by atoms with Gasteiger partial charge < -0.3 is 15.2 Å². The molecule has 0 amide bonds. The van der Waals surface area contributed by atoms with Crippen molar-refractivity contribution in [3.63, 3.8) is 0 Å². The number of nitrogens with zero attached hydrogens (tertiary/aromatic N) is 2. The second-order valence-electron chi connectivity index (χ2n) is 13.3. The number of allylic oxidation sites excluding steroid dienone is 1. The van der Waals surface area contributed by atoms with Crippen LogP contribution in [0.2, 0.25) is 5.02 Å². The molecule has 7 heteroatoms. The molecule has 6 nitrogen and oxygen atoms in total. The van der Waals surface area contributed by atoms with Crippen LogP contribution in [0.25, 0.3) is 6.08 Å². The molecule has 4 aromatic rings. The summed E-state index contributed by atoms with van der Waals surface area (Å²) in [6, 6.07) is 24.0. The van der Waals surface area contributed by atoms with Crippen molar-refractivity contribution in [2.24, 2.45) is 0 Å². The zero-order chi connectivity index (χ0) is 31.7. The molecule has 2 aromatic carbocycles. The van der Waals surface area contributed by atoms with Crippen LogP contribution in [0.3, 0.4) is 0 Å². The summed E-state index contributed by atoms with van der Waals surface area (Å²) in [5, 5.41) is 14.5. The van der Waals surface area contributed by atoms with Gasteiger partial charge in [0.05, 0.1) is 6.61 Å². The third-order valence-electron chi connectivity index (χ3n) is 10.6. The minimum absolute atomic E-state index is 0.0251. The van der Waals surface area contributed by atoms with Gasteiger partial charge in [-0.2, -0.15) is 0 Å². The van der Waals surface area contributed by atoms with Crippen LogP contribution in [0.5, 0.6) is 5.75 Å². The highest BCUT2D eigenvalue weighted by Crippen LogP contribution is 2.55. The maximum absolute atomic E-state index is 12.9. The second kappa shape index (κ2) is 12.6. The first-order valence-electron chi connectivity index (χ1n) is 16.5. The highest BCUT2D eigenvalue weighted by molar-refractivity contribution is 6.30. The molecular formula is C39H40ClN3O3. The predicted octanol–water partition coefficient (Wildman–Crippen LogP) is 8.97. The lowest BCUT2D eigenvalue weighted by Gasteiger charge is -2.46. The Hall–Kier alpha value is -4.16. The summed E-state index contributed by atoms with van der Waals surface area (Å²) >= 11 is 6.25. The van der Waals surface area contributed by atoms with Gasteiger partial charge in [-0.05, 0) is 105 Å². The minimum Gasteiger partial charge on any atom is -0.492 e. The van der Waals surface area contributed by atoms with Crippen molar-refractivity contribution in [1.82, 2.24) is 9.97 Å². The number of aromatic nitrogens is 2. The van der Waals surface area contributed by atoms with Crippen LogP contribution < -0.4 is 10.1 Å². The van der Waals surface area contributed by atoms with Gasteiger partial charge >= 0.3 is 5.97 Å². The monoisotopic (exact) mass is 633 g/mol. The number of carbonyl (C=O) groups is 1. The Morgan fingerprint density at radius 2 is 1.85 bits per heavy atom. The first-order chi connectivity index (χ1) is 22.4. The number of aliphatic carboxylic acids is 1. The van der Waals surface area contributed by atoms with E-state index >= 15 is 0 Å². The van der Waals surface area contributed by atoms with E-state index in [1.54, 1.807) is 12.1 Å². The average molecular weight is 634 g/mol. The third-order valence-corrected chi connectivity index (χ3v) is 10.8. The predicted molar refractivity (Wildman–Crippen MR) is 183 cm³/mol. The van der Waals surface area contributed by atoms with Crippen molar-refractivity contribution in [3.8, 4) is 5.75 Å².